The molecule has 0 bridgehead atoms. The van der Waals surface area contributed by atoms with Gasteiger partial charge in [-0.3, -0.25) is 0 Å². The van der Waals surface area contributed by atoms with E-state index < -0.39 is 20.7 Å². The average Bonchev–Trinajstić information content (AvgIpc) is 2.76. The Balaban J connectivity index is 2.39. The van der Waals surface area contributed by atoms with Crippen LogP contribution in [0.1, 0.15) is 12.8 Å². The first-order valence-corrected chi connectivity index (χ1v) is 7.98. The summed E-state index contributed by atoms with van der Waals surface area (Å²) in [5, 5.41) is 0. The third-order valence-electron chi connectivity index (χ3n) is 3.46. The Bertz CT molecular complexity index is 569. The Morgan fingerprint density at radius 3 is 2.75 bits per heavy atom. The van der Waals surface area contributed by atoms with Crippen LogP contribution in [0.5, 0.6) is 0 Å². The molecule has 1 saturated heterocycles. The monoisotopic (exact) mass is 301 g/mol. The van der Waals surface area contributed by atoms with Gasteiger partial charge in [-0.2, -0.15) is 4.31 Å². The van der Waals surface area contributed by atoms with E-state index in [1.54, 1.807) is 0 Å². The van der Waals surface area contributed by atoms with Crippen LogP contribution in [0.2, 0.25) is 0 Å². The van der Waals surface area contributed by atoms with E-state index in [1.165, 1.54) is 16.4 Å². The highest BCUT2D eigenvalue weighted by Gasteiger charge is 2.37. The van der Waals surface area contributed by atoms with E-state index in [0.717, 1.165) is 18.9 Å². The van der Waals surface area contributed by atoms with Crippen LogP contribution in [0.15, 0.2) is 23.1 Å². The van der Waals surface area contributed by atoms with Gasteiger partial charge in [0, 0.05) is 19.1 Å². The van der Waals surface area contributed by atoms with Crippen LogP contribution in [0.4, 0.5) is 10.1 Å². The molecule has 0 aliphatic carbocycles. The average molecular weight is 301 g/mol. The van der Waals surface area contributed by atoms with Gasteiger partial charge in [-0.1, -0.05) is 6.07 Å². The van der Waals surface area contributed by atoms with E-state index in [2.05, 4.69) is 0 Å². The molecule has 1 aliphatic heterocycles. The van der Waals surface area contributed by atoms with Crippen LogP contribution in [-0.4, -0.2) is 50.8 Å². The molecule has 0 spiro atoms. The maximum absolute atomic E-state index is 13.9. The van der Waals surface area contributed by atoms with Gasteiger partial charge in [0.1, 0.15) is 10.7 Å². The summed E-state index contributed by atoms with van der Waals surface area (Å²) in [5.41, 5.74) is 5.62. The Hall–Kier alpha value is -1.18. The van der Waals surface area contributed by atoms with E-state index in [4.69, 9.17) is 5.73 Å². The van der Waals surface area contributed by atoms with Crippen LogP contribution in [0, 0.1) is 5.82 Å². The lowest BCUT2D eigenvalue weighted by atomic mass is 10.2. The highest BCUT2D eigenvalue weighted by molar-refractivity contribution is 7.89. The molecule has 0 aromatic heterocycles. The number of nitrogen functional groups attached to an aromatic ring is 1. The Kier molecular flexibility index (Phi) is 4.31. The van der Waals surface area contributed by atoms with Gasteiger partial charge in [-0.25, -0.2) is 12.8 Å². The number of halogens is 1. The molecule has 0 amide bonds. The fourth-order valence-corrected chi connectivity index (χ4v) is 4.49. The number of benzene rings is 1. The number of rotatable bonds is 4. The molecule has 1 aromatic rings. The summed E-state index contributed by atoms with van der Waals surface area (Å²) in [6.07, 6.45) is 1.57. The number of nitrogens with zero attached hydrogens (tertiary/aromatic N) is 2. The Morgan fingerprint density at radius 2 is 2.15 bits per heavy atom. The van der Waals surface area contributed by atoms with Gasteiger partial charge in [0.15, 0.2) is 0 Å². The van der Waals surface area contributed by atoms with Crippen LogP contribution in [-0.2, 0) is 10.0 Å². The minimum absolute atomic E-state index is 0.0412. The quantitative estimate of drug-likeness (QED) is 0.846. The zero-order valence-electron chi connectivity index (χ0n) is 11.7. The minimum atomic E-state index is -3.89. The summed E-state index contributed by atoms with van der Waals surface area (Å²) in [5.74, 6) is -0.791. The number of hydrogen-bond acceptors (Lipinski definition) is 4. The standard InChI is InChI=1S/C13H20FN3O2S/c1-16(2)9-10-5-4-8-17(10)20(18,19)13-11(14)6-3-7-12(13)15/h3,6-7,10H,4-5,8-9,15H2,1-2H3. The van der Waals surface area contributed by atoms with Crippen molar-refractivity contribution in [3.63, 3.8) is 0 Å². The molecule has 2 rings (SSSR count). The molecule has 1 atom stereocenters. The van der Waals surface area contributed by atoms with Crippen molar-refractivity contribution in [1.29, 1.82) is 0 Å². The van der Waals surface area contributed by atoms with Crippen LogP contribution >= 0.6 is 0 Å². The second kappa shape index (κ2) is 5.67. The van der Waals surface area contributed by atoms with Crippen molar-refractivity contribution in [3.8, 4) is 0 Å². The molecule has 1 heterocycles. The van der Waals surface area contributed by atoms with E-state index >= 15 is 0 Å². The third kappa shape index (κ3) is 2.79. The Labute approximate surface area is 119 Å². The molecule has 1 aromatic carbocycles. The predicted octanol–water partition coefficient (Wildman–Crippen LogP) is 1.12. The van der Waals surface area contributed by atoms with Crippen molar-refractivity contribution in [2.75, 3.05) is 32.9 Å². The first kappa shape index (κ1) is 15.2. The number of likely N-dealkylation sites (N-methyl/N-ethyl adjacent to an activating group) is 1. The lowest BCUT2D eigenvalue weighted by molar-refractivity contribution is 0.291. The number of anilines is 1. The predicted molar refractivity (Wildman–Crippen MR) is 76.3 cm³/mol. The van der Waals surface area contributed by atoms with Crippen LogP contribution in [0.3, 0.4) is 0 Å². The summed E-state index contributed by atoms with van der Waals surface area (Å²) in [6.45, 7) is 1.03. The van der Waals surface area contributed by atoms with Gasteiger partial charge in [-0.05, 0) is 39.1 Å². The van der Waals surface area contributed by atoms with Crippen molar-refractivity contribution in [2.45, 2.75) is 23.8 Å². The smallest absolute Gasteiger partial charge is 0.248 e. The lowest BCUT2D eigenvalue weighted by Gasteiger charge is -2.27. The van der Waals surface area contributed by atoms with Crippen molar-refractivity contribution >= 4 is 15.7 Å². The first-order valence-electron chi connectivity index (χ1n) is 6.54. The molecule has 1 aliphatic rings. The van der Waals surface area contributed by atoms with Crippen LogP contribution < -0.4 is 5.73 Å². The summed E-state index contributed by atoms with van der Waals surface area (Å²) < 4.78 is 40.6. The minimum Gasteiger partial charge on any atom is -0.398 e. The molecular formula is C13H20FN3O2S. The molecule has 20 heavy (non-hydrogen) atoms. The molecule has 5 nitrogen and oxygen atoms in total. The summed E-state index contributed by atoms with van der Waals surface area (Å²) in [4.78, 5) is 1.54. The van der Waals surface area contributed by atoms with E-state index in [0.29, 0.717) is 13.1 Å². The van der Waals surface area contributed by atoms with Gasteiger partial charge in [0.2, 0.25) is 10.0 Å². The van der Waals surface area contributed by atoms with Gasteiger partial charge in [-0.15, -0.1) is 0 Å². The fraction of sp³-hybridized carbons (Fsp3) is 0.538. The number of hydrogen-bond donors (Lipinski definition) is 1. The normalized spacial score (nSPS) is 20.7. The van der Waals surface area contributed by atoms with Gasteiger partial charge < -0.3 is 10.6 Å². The van der Waals surface area contributed by atoms with Gasteiger partial charge in [0.25, 0.3) is 0 Å². The first-order chi connectivity index (χ1) is 9.34. The highest BCUT2D eigenvalue weighted by atomic mass is 32.2. The van der Waals surface area contributed by atoms with E-state index in [9.17, 15) is 12.8 Å². The second-order valence-electron chi connectivity index (χ2n) is 5.33. The largest absolute Gasteiger partial charge is 0.398 e. The molecule has 112 valence electrons. The van der Waals surface area contributed by atoms with E-state index in [1.807, 2.05) is 19.0 Å². The molecule has 1 fully saturated rings. The third-order valence-corrected chi connectivity index (χ3v) is 5.51. The second-order valence-corrected chi connectivity index (χ2v) is 7.16. The number of nitrogens with two attached hydrogens (primary N) is 1. The maximum Gasteiger partial charge on any atom is 0.248 e. The summed E-state index contributed by atoms with van der Waals surface area (Å²) >= 11 is 0. The molecule has 1 unspecified atom stereocenters. The molecule has 7 heteroatoms. The molecule has 0 saturated carbocycles. The zero-order valence-corrected chi connectivity index (χ0v) is 12.5. The molecular weight excluding hydrogens is 281 g/mol. The van der Waals surface area contributed by atoms with Crippen molar-refractivity contribution < 1.29 is 12.8 Å². The maximum atomic E-state index is 13.9. The molecule has 0 radical (unpaired) electrons. The van der Waals surface area contributed by atoms with Crippen molar-refractivity contribution in [2.24, 2.45) is 0 Å². The SMILES string of the molecule is CN(C)CC1CCCN1S(=O)(=O)c1c(N)cccc1F. The van der Waals surface area contributed by atoms with Crippen molar-refractivity contribution in [1.82, 2.24) is 9.21 Å². The summed E-state index contributed by atoms with van der Waals surface area (Å²) in [6, 6.07) is 3.81. The number of sulfonamides is 1. The fourth-order valence-electron chi connectivity index (χ4n) is 2.64. The van der Waals surface area contributed by atoms with E-state index in [-0.39, 0.29) is 11.7 Å². The van der Waals surface area contributed by atoms with Crippen LogP contribution in [0.25, 0.3) is 0 Å². The lowest BCUT2D eigenvalue weighted by Crippen LogP contribution is -2.41. The van der Waals surface area contributed by atoms with Gasteiger partial charge >= 0.3 is 0 Å². The Morgan fingerprint density at radius 1 is 1.45 bits per heavy atom. The molecule has 2 N–H and O–H groups in total. The van der Waals surface area contributed by atoms with Crippen molar-refractivity contribution in [3.05, 3.63) is 24.0 Å². The summed E-state index contributed by atoms with van der Waals surface area (Å²) in [7, 11) is -0.109. The zero-order chi connectivity index (χ0) is 14.9. The topological polar surface area (TPSA) is 66.6 Å². The highest BCUT2D eigenvalue weighted by Crippen LogP contribution is 2.30. The van der Waals surface area contributed by atoms with Gasteiger partial charge in [0.05, 0.1) is 5.69 Å².